The summed E-state index contributed by atoms with van der Waals surface area (Å²) in [4.78, 5) is 22.6. The smallest absolute Gasteiger partial charge is 0.254 e. The van der Waals surface area contributed by atoms with Crippen molar-refractivity contribution in [1.29, 1.82) is 0 Å². The first kappa shape index (κ1) is 23.0. The predicted molar refractivity (Wildman–Crippen MR) is 124 cm³/mol. The Morgan fingerprint density at radius 1 is 1.03 bits per heavy atom. The van der Waals surface area contributed by atoms with Crippen molar-refractivity contribution in [3.63, 3.8) is 0 Å². The van der Waals surface area contributed by atoms with Crippen LogP contribution in [0, 0.1) is 5.82 Å². The van der Waals surface area contributed by atoms with E-state index in [1.165, 1.54) is 25.2 Å². The lowest BCUT2D eigenvalue weighted by Crippen LogP contribution is -2.24. The molecule has 2 N–H and O–H groups in total. The van der Waals surface area contributed by atoms with E-state index in [4.69, 9.17) is 4.74 Å². The van der Waals surface area contributed by atoms with Crippen LogP contribution in [0.2, 0.25) is 0 Å². The van der Waals surface area contributed by atoms with E-state index in [0.29, 0.717) is 23.1 Å². The summed E-state index contributed by atoms with van der Waals surface area (Å²) in [6.45, 7) is 6.32. The highest BCUT2D eigenvalue weighted by atomic mass is 19.1. The first-order valence-corrected chi connectivity index (χ1v) is 10.7. The summed E-state index contributed by atoms with van der Waals surface area (Å²) in [5.74, 6) is 0.401. The summed E-state index contributed by atoms with van der Waals surface area (Å²) < 4.78 is 19.8. The summed E-state index contributed by atoms with van der Waals surface area (Å²) >= 11 is 0. The maximum absolute atomic E-state index is 13.8. The molecule has 0 fully saturated rings. The van der Waals surface area contributed by atoms with Crippen LogP contribution in [0.25, 0.3) is 0 Å². The van der Waals surface area contributed by atoms with Crippen LogP contribution in [0.4, 0.5) is 21.7 Å². The van der Waals surface area contributed by atoms with Gasteiger partial charge in [-0.1, -0.05) is 19.9 Å². The van der Waals surface area contributed by atoms with Gasteiger partial charge in [-0.3, -0.25) is 4.79 Å². The molecule has 168 valence electrons. The Kier molecular flexibility index (Phi) is 7.96. The van der Waals surface area contributed by atoms with Crippen molar-refractivity contribution in [2.45, 2.75) is 26.7 Å². The molecule has 0 bridgehead atoms. The van der Waals surface area contributed by atoms with Crippen LogP contribution in [0.1, 0.15) is 37.0 Å². The number of rotatable bonds is 10. The van der Waals surface area contributed by atoms with Crippen LogP contribution < -0.4 is 20.3 Å². The highest BCUT2D eigenvalue weighted by Gasteiger charge is 2.12. The van der Waals surface area contributed by atoms with Gasteiger partial charge < -0.3 is 20.3 Å². The van der Waals surface area contributed by atoms with Crippen molar-refractivity contribution in [2.75, 3.05) is 30.4 Å². The minimum atomic E-state index is -0.599. The molecule has 1 amide bonds. The molecule has 0 aliphatic heterocycles. The Bertz CT molecular complexity index is 1040. The van der Waals surface area contributed by atoms with Crippen molar-refractivity contribution in [3.8, 4) is 11.5 Å². The predicted octanol–water partition coefficient (Wildman–Crippen LogP) is 5.14. The zero-order valence-electron chi connectivity index (χ0n) is 18.6. The van der Waals surface area contributed by atoms with Gasteiger partial charge in [0.15, 0.2) is 5.75 Å². The van der Waals surface area contributed by atoms with E-state index in [1.807, 2.05) is 18.2 Å². The molecule has 3 aromatic rings. The van der Waals surface area contributed by atoms with Crippen molar-refractivity contribution in [2.24, 2.45) is 0 Å². The number of anilines is 3. The fourth-order valence-corrected chi connectivity index (χ4v) is 3.26. The van der Waals surface area contributed by atoms with Crippen LogP contribution >= 0.6 is 0 Å². The second-order valence-corrected chi connectivity index (χ2v) is 7.23. The van der Waals surface area contributed by atoms with E-state index >= 15 is 0 Å². The van der Waals surface area contributed by atoms with Gasteiger partial charge in [-0.2, -0.15) is 0 Å². The number of hydrogen-bond acceptors (Lipinski definition) is 6. The maximum atomic E-state index is 13.8. The van der Waals surface area contributed by atoms with E-state index in [0.717, 1.165) is 31.6 Å². The van der Waals surface area contributed by atoms with Crippen molar-refractivity contribution in [1.82, 2.24) is 15.3 Å². The lowest BCUT2D eigenvalue weighted by molar-refractivity contribution is 0.0959. The summed E-state index contributed by atoms with van der Waals surface area (Å²) in [5.41, 5.74) is 1.56. The summed E-state index contributed by atoms with van der Waals surface area (Å²) in [7, 11) is 1.45. The number of amides is 1. The molecular weight excluding hydrogens is 409 g/mol. The van der Waals surface area contributed by atoms with Crippen LogP contribution in [0.5, 0.6) is 11.5 Å². The zero-order valence-corrected chi connectivity index (χ0v) is 18.6. The Morgan fingerprint density at radius 3 is 2.41 bits per heavy atom. The van der Waals surface area contributed by atoms with Gasteiger partial charge in [0, 0.05) is 37.6 Å². The molecule has 0 aliphatic rings. The topological polar surface area (TPSA) is 79.4 Å². The fourth-order valence-electron chi connectivity index (χ4n) is 3.26. The molecule has 1 heterocycles. The number of carbonyl (C=O) groups is 1. The van der Waals surface area contributed by atoms with E-state index in [-0.39, 0.29) is 5.56 Å². The lowest BCUT2D eigenvalue weighted by Gasteiger charge is -2.24. The van der Waals surface area contributed by atoms with Gasteiger partial charge in [0.25, 0.3) is 5.91 Å². The zero-order chi connectivity index (χ0) is 22.9. The highest BCUT2D eigenvalue weighted by Crippen LogP contribution is 2.26. The molecule has 0 atom stereocenters. The maximum Gasteiger partial charge on any atom is 0.254 e. The second kappa shape index (κ2) is 11.1. The molecule has 0 spiro atoms. The van der Waals surface area contributed by atoms with Gasteiger partial charge in [0.2, 0.25) is 5.95 Å². The van der Waals surface area contributed by atoms with Crippen LogP contribution in [-0.2, 0) is 0 Å². The third kappa shape index (κ3) is 5.94. The van der Waals surface area contributed by atoms with E-state index < -0.39 is 11.7 Å². The number of halogens is 1. The number of carbonyl (C=O) groups excluding carboxylic acids is 1. The van der Waals surface area contributed by atoms with Crippen LogP contribution in [0.3, 0.4) is 0 Å². The summed E-state index contributed by atoms with van der Waals surface area (Å²) in [6, 6.07) is 12.1. The Labute approximate surface area is 187 Å². The molecule has 1 aromatic heterocycles. The minimum Gasteiger partial charge on any atom is -0.454 e. The largest absolute Gasteiger partial charge is 0.454 e. The van der Waals surface area contributed by atoms with Gasteiger partial charge in [0.1, 0.15) is 11.6 Å². The molecule has 0 saturated carbocycles. The monoisotopic (exact) mass is 437 g/mol. The van der Waals surface area contributed by atoms with Crippen molar-refractivity contribution in [3.05, 3.63) is 66.2 Å². The third-order valence-electron chi connectivity index (χ3n) is 4.73. The van der Waals surface area contributed by atoms with Gasteiger partial charge in [-0.05, 0) is 43.2 Å². The standard InChI is InChI=1S/C24H28FN5O2/c1-4-11-30(12-5-2)18-7-6-8-19(14-18)32-20-15-27-24(28-16-20)29-17-9-10-22(25)21(13-17)23(31)26-3/h6-10,13-16H,4-5,11-12H2,1-3H3,(H,26,31)(H,27,28,29). The molecule has 3 rings (SSSR count). The van der Waals surface area contributed by atoms with E-state index in [2.05, 4.69) is 45.4 Å². The van der Waals surface area contributed by atoms with Crippen molar-refractivity contribution < 1.29 is 13.9 Å². The number of benzene rings is 2. The van der Waals surface area contributed by atoms with Gasteiger partial charge >= 0.3 is 0 Å². The average Bonchev–Trinajstić information content (AvgIpc) is 2.81. The highest BCUT2D eigenvalue weighted by molar-refractivity contribution is 5.95. The first-order valence-electron chi connectivity index (χ1n) is 10.7. The molecule has 32 heavy (non-hydrogen) atoms. The van der Waals surface area contributed by atoms with Gasteiger partial charge in [-0.25, -0.2) is 14.4 Å². The van der Waals surface area contributed by atoms with Crippen molar-refractivity contribution >= 4 is 23.2 Å². The number of aromatic nitrogens is 2. The number of ether oxygens (including phenoxy) is 1. The van der Waals surface area contributed by atoms with Crippen LogP contribution in [-0.4, -0.2) is 36.0 Å². The molecular formula is C24H28FN5O2. The Hall–Kier alpha value is -3.68. The molecule has 0 saturated heterocycles. The Morgan fingerprint density at radius 2 is 1.75 bits per heavy atom. The number of hydrogen-bond donors (Lipinski definition) is 2. The number of nitrogens with one attached hydrogen (secondary N) is 2. The molecule has 0 radical (unpaired) electrons. The number of nitrogens with zero attached hydrogens (tertiary/aromatic N) is 3. The third-order valence-corrected chi connectivity index (χ3v) is 4.73. The first-order chi connectivity index (χ1) is 15.5. The molecule has 7 nitrogen and oxygen atoms in total. The minimum absolute atomic E-state index is 0.0578. The van der Waals surface area contributed by atoms with E-state index in [1.54, 1.807) is 12.4 Å². The van der Waals surface area contributed by atoms with Gasteiger partial charge in [-0.15, -0.1) is 0 Å². The second-order valence-electron chi connectivity index (χ2n) is 7.23. The lowest BCUT2D eigenvalue weighted by atomic mass is 10.1. The quantitative estimate of drug-likeness (QED) is 0.457. The summed E-state index contributed by atoms with van der Waals surface area (Å²) in [6.07, 6.45) is 5.26. The molecule has 8 heteroatoms. The Balaban J connectivity index is 1.69. The fraction of sp³-hybridized carbons (Fsp3) is 0.292. The van der Waals surface area contributed by atoms with E-state index in [9.17, 15) is 9.18 Å². The molecule has 0 aliphatic carbocycles. The average molecular weight is 438 g/mol. The normalized spacial score (nSPS) is 10.5. The molecule has 0 unspecified atom stereocenters. The van der Waals surface area contributed by atoms with Crippen LogP contribution in [0.15, 0.2) is 54.9 Å². The molecule has 2 aromatic carbocycles. The SMILES string of the molecule is CCCN(CCC)c1cccc(Oc2cnc(Nc3ccc(F)c(C(=O)NC)c3)nc2)c1. The van der Waals surface area contributed by atoms with Gasteiger partial charge in [0.05, 0.1) is 18.0 Å². The summed E-state index contributed by atoms with van der Waals surface area (Å²) in [5, 5.41) is 5.37.